The van der Waals surface area contributed by atoms with Crippen molar-refractivity contribution in [2.24, 2.45) is 0 Å². The first-order chi connectivity index (χ1) is 9.21. The molecular weight excluding hydrogens is 247 g/mol. The number of benzene rings is 1. The molecule has 0 N–H and O–H groups in total. The first-order valence-electron chi connectivity index (χ1n) is 6.07. The standard InChI is InChI=1S/C14H17FN2O2/c1-4-17-9-16-12(13(17)14(18-2)19-3)10-5-7-11(15)8-6-10/h5-9,14H,4H2,1-3H3. The van der Waals surface area contributed by atoms with E-state index in [9.17, 15) is 4.39 Å². The zero-order valence-corrected chi connectivity index (χ0v) is 11.3. The fourth-order valence-electron chi connectivity index (χ4n) is 2.04. The summed E-state index contributed by atoms with van der Waals surface area (Å²) in [6, 6.07) is 6.23. The van der Waals surface area contributed by atoms with Gasteiger partial charge in [0, 0.05) is 26.3 Å². The molecule has 0 spiro atoms. The maximum atomic E-state index is 13.0. The quantitative estimate of drug-likeness (QED) is 0.779. The van der Waals surface area contributed by atoms with Crippen LogP contribution in [0.5, 0.6) is 0 Å². The summed E-state index contributed by atoms with van der Waals surface area (Å²) in [6.45, 7) is 2.77. The molecule has 19 heavy (non-hydrogen) atoms. The van der Waals surface area contributed by atoms with Gasteiger partial charge in [-0.05, 0) is 31.2 Å². The van der Waals surface area contributed by atoms with Gasteiger partial charge in [-0.1, -0.05) is 0 Å². The van der Waals surface area contributed by atoms with Crippen LogP contribution in [0.4, 0.5) is 4.39 Å². The van der Waals surface area contributed by atoms with Crippen molar-refractivity contribution in [1.29, 1.82) is 0 Å². The Hall–Kier alpha value is -1.72. The zero-order chi connectivity index (χ0) is 13.8. The third-order valence-corrected chi connectivity index (χ3v) is 2.99. The van der Waals surface area contributed by atoms with Crippen molar-refractivity contribution in [3.8, 4) is 11.3 Å². The normalized spacial score (nSPS) is 11.2. The van der Waals surface area contributed by atoms with Crippen molar-refractivity contribution in [3.05, 3.63) is 42.1 Å². The molecule has 1 aromatic heterocycles. The average molecular weight is 264 g/mol. The number of methoxy groups -OCH3 is 2. The second-order valence-corrected chi connectivity index (χ2v) is 4.07. The number of nitrogens with zero attached hydrogens (tertiary/aromatic N) is 2. The van der Waals surface area contributed by atoms with Crippen LogP contribution in [0.1, 0.15) is 18.9 Å². The Labute approximate surface area is 111 Å². The third kappa shape index (κ3) is 2.67. The van der Waals surface area contributed by atoms with Crippen LogP contribution in [0.2, 0.25) is 0 Å². The lowest BCUT2D eigenvalue weighted by molar-refractivity contribution is -0.110. The molecule has 0 unspecified atom stereocenters. The van der Waals surface area contributed by atoms with Crippen LogP contribution in [0.25, 0.3) is 11.3 Å². The van der Waals surface area contributed by atoms with Crippen molar-refractivity contribution in [3.63, 3.8) is 0 Å². The van der Waals surface area contributed by atoms with Gasteiger partial charge in [0.05, 0.1) is 12.0 Å². The number of aryl methyl sites for hydroxylation is 1. The van der Waals surface area contributed by atoms with Gasteiger partial charge >= 0.3 is 0 Å². The predicted molar refractivity (Wildman–Crippen MR) is 70.1 cm³/mol. The average Bonchev–Trinajstić information content (AvgIpc) is 2.85. The van der Waals surface area contributed by atoms with Crippen LogP contribution in [0.3, 0.4) is 0 Å². The van der Waals surface area contributed by atoms with Gasteiger partial charge in [0.1, 0.15) is 11.5 Å². The van der Waals surface area contributed by atoms with E-state index >= 15 is 0 Å². The Morgan fingerprint density at radius 3 is 2.37 bits per heavy atom. The molecule has 102 valence electrons. The first kappa shape index (κ1) is 13.7. The molecule has 0 bridgehead atoms. The molecule has 0 saturated carbocycles. The van der Waals surface area contributed by atoms with E-state index < -0.39 is 6.29 Å². The van der Waals surface area contributed by atoms with E-state index in [1.807, 2.05) is 11.5 Å². The number of aromatic nitrogens is 2. The molecule has 4 nitrogen and oxygen atoms in total. The van der Waals surface area contributed by atoms with E-state index in [2.05, 4.69) is 4.98 Å². The maximum absolute atomic E-state index is 13.0. The highest BCUT2D eigenvalue weighted by atomic mass is 19.1. The molecule has 0 amide bonds. The summed E-state index contributed by atoms with van der Waals surface area (Å²) in [7, 11) is 3.16. The molecule has 5 heteroatoms. The topological polar surface area (TPSA) is 36.3 Å². The molecule has 0 aliphatic heterocycles. The predicted octanol–water partition coefficient (Wildman–Crippen LogP) is 3.00. The van der Waals surface area contributed by atoms with Gasteiger partial charge in [0.25, 0.3) is 0 Å². The van der Waals surface area contributed by atoms with Crippen LogP contribution in [-0.4, -0.2) is 23.8 Å². The lowest BCUT2D eigenvalue weighted by Gasteiger charge is -2.17. The lowest BCUT2D eigenvalue weighted by Crippen LogP contribution is -2.11. The summed E-state index contributed by atoms with van der Waals surface area (Å²) in [6.07, 6.45) is 1.24. The minimum Gasteiger partial charge on any atom is -0.350 e. The van der Waals surface area contributed by atoms with Gasteiger partial charge in [-0.2, -0.15) is 0 Å². The summed E-state index contributed by atoms with van der Waals surface area (Å²) in [5.74, 6) is -0.268. The Bertz CT molecular complexity index is 533. The van der Waals surface area contributed by atoms with E-state index in [-0.39, 0.29) is 5.82 Å². The largest absolute Gasteiger partial charge is 0.350 e. The van der Waals surface area contributed by atoms with Gasteiger partial charge in [-0.15, -0.1) is 0 Å². The van der Waals surface area contributed by atoms with Crippen LogP contribution >= 0.6 is 0 Å². The molecule has 0 aliphatic carbocycles. The summed E-state index contributed by atoms with van der Waals surface area (Å²) in [4.78, 5) is 4.38. The smallest absolute Gasteiger partial charge is 0.200 e. The van der Waals surface area contributed by atoms with Crippen LogP contribution in [0, 0.1) is 5.82 Å². The van der Waals surface area contributed by atoms with Gasteiger partial charge in [0.15, 0.2) is 0 Å². The van der Waals surface area contributed by atoms with Crippen molar-refractivity contribution in [2.45, 2.75) is 19.8 Å². The second kappa shape index (κ2) is 5.95. The SMILES string of the molecule is CCn1cnc(-c2ccc(F)cc2)c1C(OC)OC. The van der Waals surface area contributed by atoms with E-state index in [0.29, 0.717) is 0 Å². The number of rotatable bonds is 5. The minimum absolute atomic E-state index is 0.268. The van der Waals surface area contributed by atoms with E-state index in [1.54, 1.807) is 32.7 Å². The number of halogens is 1. The first-order valence-corrected chi connectivity index (χ1v) is 6.07. The minimum atomic E-state index is -0.498. The Balaban J connectivity index is 2.51. The molecule has 0 aliphatic rings. The maximum Gasteiger partial charge on any atom is 0.200 e. The Morgan fingerprint density at radius 1 is 1.21 bits per heavy atom. The number of hydrogen-bond acceptors (Lipinski definition) is 3. The fourth-order valence-corrected chi connectivity index (χ4v) is 2.04. The highest BCUT2D eigenvalue weighted by Crippen LogP contribution is 2.29. The van der Waals surface area contributed by atoms with Crippen LogP contribution in [-0.2, 0) is 16.0 Å². The molecule has 0 fully saturated rings. The molecule has 2 rings (SSSR count). The molecule has 0 saturated heterocycles. The van der Waals surface area contributed by atoms with Crippen molar-refractivity contribution >= 4 is 0 Å². The van der Waals surface area contributed by atoms with Gasteiger partial charge < -0.3 is 14.0 Å². The Morgan fingerprint density at radius 2 is 1.84 bits per heavy atom. The fraction of sp³-hybridized carbons (Fsp3) is 0.357. The second-order valence-electron chi connectivity index (χ2n) is 4.07. The van der Waals surface area contributed by atoms with Gasteiger partial charge in [-0.25, -0.2) is 9.37 Å². The summed E-state index contributed by atoms with van der Waals surface area (Å²) in [5.41, 5.74) is 2.41. The molecule has 0 radical (unpaired) electrons. The van der Waals surface area contributed by atoms with Gasteiger partial charge in [0.2, 0.25) is 6.29 Å². The highest BCUT2D eigenvalue weighted by molar-refractivity contribution is 5.62. The summed E-state index contributed by atoms with van der Waals surface area (Å²) >= 11 is 0. The molecule has 1 heterocycles. The number of imidazole rings is 1. The monoisotopic (exact) mass is 264 g/mol. The zero-order valence-electron chi connectivity index (χ0n) is 11.3. The Kier molecular flexibility index (Phi) is 4.29. The van der Waals surface area contributed by atoms with Crippen molar-refractivity contribution in [2.75, 3.05) is 14.2 Å². The van der Waals surface area contributed by atoms with Crippen molar-refractivity contribution in [1.82, 2.24) is 9.55 Å². The lowest BCUT2D eigenvalue weighted by atomic mass is 10.1. The number of hydrogen-bond donors (Lipinski definition) is 0. The molecule has 2 aromatic rings. The molecule has 1 aromatic carbocycles. The number of ether oxygens (including phenoxy) is 2. The van der Waals surface area contributed by atoms with Gasteiger partial charge in [-0.3, -0.25) is 0 Å². The van der Waals surface area contributed by atoms with Crippen LogP contribution < -0.4 is 0 Å². The third-order valence-electron chi connectivity index (χ3n) is 2.99. The van der Waals surface area contributed by atoms with Crippen LogP contribution in [0.15, 0.2) is 30.6 Å². The summed E-state index contributed by atoms with van der Waals surface area (Å²) < 4.78 is 25.6. The summed E-state index contributed by atoms with van der Waals surface area (Å²) in [5, 5.41) is 0. The highest BCUT2D eigenvalue weighted by Gasteiger charge is 2.21. The van der Waals surface area contributed by atoms with E-state index in [0.717, 1.165) is 23.5 Å². The molecular formula is C14H17FN2O2. The van der Waals surface area contributed by atoms with E-state index in [1.165, 1.54) is 12.1 Å². The molecule has 0 atom stereocenters. The van der Waals surface area contributed by atoms with E-state index in [4.69, 9.17) is 9.47 Å². The van der Waals surface area contributed by atoms with Crippen molar-refractivity contribution < 1.29 is 13.9 Å².